The summed E-state index contributed by atoms with van der Waals surface area (Å²) in [6.45, 7) is 4.93. The molecule has 0 bridgehead atoms. The fourth-order valence-electron chi connectivity index (χ4n) is 3.23. The highest BCUT2D eigenvalue weighted by Crippen LogP contribution is 2.22. The van der Waals surface area contributed by atoms with E-state index in [1.165, 1.54) is 12.1 Å². The maximum absolute atomic E-state index is 13.7. The molecule has 1 aromatic rings. The fraction of sp³-hybridized carbons (Fsp3) is 0.579. The summed E-state index contributed by atoms with van der Waals surface area (Å²) in [5.74, 6) is -0.592. The van der Waals surface area contributed by atoms with Gasteiger partial charge < -0.3 is 21.1 Å². The summed E-state index contributed by atoms with van der Waals surface area (Å²) in [5, 5.41) is 5.40. The number of nitrogens with one attached hydrogen (secondary N) is 2. The van der Waals surface area contributed by atoms with Crippen LogP contribution in [0.2, 0.25) is 0 Å². The largest absolute Gasteiger partial charge is 0.379 e. The van der Waals surface area contributed by atoms with Crippen LogP contribution < -0.4 is 16.4 Å². The molecular formula is C19H29FN4O3. The first kappa shape index (κ1) is 21.1. The van der Waals surface area contributed by atoms with Crippen molar-refractivity contribution in [2.24, 2.45) is 5.73 Å². The molecule has 27 heavy (non-hydrogen) atoms. The third-order valence-electron chi connectivity index (χ3n) is 4.67. The topological polar surface area (TPSA) is 96.7 Å². The van der Waals surface area contributed by atoms with E-state index in [0.29, 0.717) is 39.3 Å². The van der Waals surface area contributed by atoms with Crippen molar-refractivity contribution in [3.05, 3.63) is 35.6 Å². The second kappa shape index (κ2) is 10.8. The number of hydrogen-bond donors (Lipinski definition) is 3. The smallest absolute Gasteiger partial charge is 0.312 e. The summed E-state index contributed by atoms with van der Waals surface area (Å²) >= 11 is 0. The van der Waals surface area contributed by atoms with E-state index in [-0.39, 0.29) is 17.8 Å². The number of carbonyl (C=O) groups is 2. The molecule has 7 nitrogen and oxygen atoms in total. The van der Waals surface area contributed by atoms with Crippen LogP contribution in [0.1, 0.15) is 37.8 Å². The lowest BCUT2D eigenvalue weighted by Gasteiger charge is -2.35. The van der Waals surface area contributed by atoms with Gasteiger partial charge in [0.2, 0.25) is 5.91 Å². The van der Waals surface area contributed by atoms with Gasteiger partial charge in [-0.25, -0.2) is 9.18 Å². The summed E-state index contributed by atoms with van der Waals surface area (Å²) < 4.78 is 19.1. The van der Waals surface area contributed by atoms with Crippen molar-refractivity contribution in [2.45, 2.75) is 38.3 Å². The van der Waals surface area contributed by atoms with Gasteiger partial charge in [-0.2, -0.15) is 0 Å². The number of ether oxygens (including phenoxy) is 1. The van der Waals surface area contributed by atoms with Crippen molar-refractivity contribution in [1.29, 1.82) is 0 Å². The predicted octanol–water partition coefficient (Wildman–Crippen LogP) is 1.54. The number of nitrogens with zero attached hydrogens (tertiary/aromatic N) is 1. The maximum atomic E-state index is 13.7. The predicted molar refractivity (Wildman–Crippen MR) is 101 cm³/mol. The Bertz CT molecular complexity index is 623. The van der Waals surface area contributed by atoms with E-state index in [1.54, 1.807) is 6.07 Å². The van der Waals surface area contributed by atoms with E-state index in [2.05, 4.69) is 15.5 Å². The molecule has 150 valence electrons. The number of carbonyl (C=O) groups excluding carboxylic acids is 2. The third kappa shape index (κ3) is 6.80. The van der Waals surface area contributed by atoms with Crippen LogP contribution in [0.5, 0.6) is 0 Å². The number of unbranched alkanes of at least 4 members (excludes halogenated alkanes) is 1. The molecular weight excluding hydrogens is 351 g/mol. The first-order valence-corrected chi connectivity index (χ1v) is 9.42. The van der Waals surface area contributed by atoms with Crippen LogP contribution in [-0.2, 0) is 9.53 Å². The molecule has 0 saturated carbocycles. The molecule has 1 aliphatic heterocycles. The Balaban J connectivity index is 2.07. The van der Waals surface area contributed by atoms with Crippen LogP contribution in [0.25, 0.3) is 0 Å². The van der Waals surface area contributed by atoms with Crippen LogP contribution in [0.4, 0.5) is 9.18 Å². The number of amides is 3. The van der Waals surface area contributed by atoms with Crippen LogP contribution >= 0.6 is 0 Å². The van der Waals surface area contributed by atoms with Crippen molar-refractivity contribution in [3.63, 3.8) is 0 Å². The number of hydrogen-bond acceptors (Lipinski definition) is 4. The highest BCUT2D eigenvalue weighted by atomic mass is 19.1. The molecule has 2 atom stereocenters. The number of rotatable bonds is 9. The number of urea groups is 1. The zero-order valence-corrected chi connectivity index (χ0v) is 15.7. The Morgan fingerprint density at radius 1 is 1.33 bits per heavy atom. The lowest BCUT2D eigenvalue weighted by molar-refractivity contribution is -0.123. The van der Waals surface area contributed by atoms with Gasteiger partial charge in [0.25, 0.3) is 0 Å². The minimum absolute atomic E-state index is 0.172. The summed E-state index contributed by atoms with van der Waals surface area (Å²) in [6.07, 6.45) is 2.23. The molecule has 0 aromatic heterocycles. The Morgan fingerprint density at radius 2 is 2.07 bits per heavy atom. The summed E-state index contributed by atoms with van der Waals surface area (Å²) in [5.41, 5.74) is 5.99. The minimum Gasteiger partial charge on any atom is -0.379 e. The van der Waals surface area contributed by atoms with E-state index in [1.807, 2.05) is 13.0 Å². The second-order valence-corrected chi connectivity index (χ2v) is 6.67. The molecule has 1 aliphatic rings. The molecule has 0 radical (unpaired) electrons. The Labute approximate surface area is 159 Å². The number of primary amides is 1. The van der Waals surface area contributed by atoms with Crippen LogP contribution in [0.15, 0.2) is 24.3 Å². The highest BCUT2D eigenvalue weighted by Gasteiger charge is 2.25. The standard InChI is InChI=1S/C19H29FN4O3/c1-2-3-7-16(23-19(21)26)18(25)22-13-17(24-8-10-27-11-9-24)14-5-4-6-15(20)12-14/h4-6,12,16-17H,2-3,7-11,13H2,1H3,(H,22,25)(H3,21,23,26). The molecule has 4 N–H and O–H groups in total. The average molecular weight is 380 g/mol. The van der Waals surface area contributed by atoms with Gasteiger partial charge in [0.1, 0.15) is 11.9 Å². The molecule has 8 heteroatoms. The summed E-state index contributed by atoms with van der Waals surface area (Å²) in [7, 11) is 0. The van der Waals surface area contributed by atoms with Gasteiger partial charge in [-0.05, 0) is 24.1 Å². The Hall–Kier alpha value is -2.19. The molecule has 1 aromatic carbocycles. The number of morpholine rings is 1. The first-order chi connectivity index (χ1) is 13.0. The molecule has 1 saturated heterocycles. The second-order valence-electron chi connectivity index (χ2n) is 6.67. The molecule has 3 amide bonds. The van der Waals surface area contributed by atoms with Gasteiger partial charge in [0, 0.05) is 19.6 Å². The number of nitrogens with two attached hydrogens (primary N) is 1. The van der Waals surface area contributed by atoms with Crippen molar-refractivity contribution in [1.82, 2.24) is 15.5 Å². The zero-order valence-electron chi connectivity index (χ0n) is 15.7. The van der Waals surface area contributed by atoms with Crippen molar-refractivity contribution >= 4 is 11.9 Å². The van der Waals surface area contributed by atoms with Crippen LogP contribution in [0, 0.1) is 5.82 Å². The highest BCUT2D eigenvalue weighted by molar-refractivity contribution is 5.86. The summed E-state index contributed by atoms with van der Waals surface area (Å²) in [4.78, 5) is 25.9. The molecule has 2 rings (SSSR count). The lowest BCUT2D eigenvalue weighted by Crippen LogP contribution is -2.51. The SMILES string of the molecule is CCCCC(NC(N)=O)C(=O)NCC(c1cccc(F)c1)N1CCOCC1. The maximum Gasteiger partial charge on any atom is 0.312 e. The van der Waals surface area contributed by atoms with E-state index < -0.39 is 12.1 Å². The first-order valence-electron chi connectivity index (χ1n) is 9.42. The van der Waals surface area contributed by atoms with Crippen LogP contribution in [-0.4, -0.2) is 55.7 Å². The molecule has 0 aliphatic carbocycles. The van der Waals surface area contributed by atoms with Gasteiger partial charge >= 0.3 is 6.03 Å². The molecule has 0 spiro atoms. The number of halogens is 1. The van der Waals surface area contributed by atoms with E-state index >= 15 is 0 Å². The number of benzene rings is 1. The molecule has 2 unspecified atom stereocenters. The Kier molecular flexibility index (Phi) is 8.47. The Morgan fingerprint density at radius 3 is 2.70 bits per heavy atom. The van der Waals surface area contributed by atoms with Crippen molar-refractivity contribution in [2.75, 3.05) is 32.8 Å². The fourth-order valence-corrected chi connectivity index (χ4v) is 3.23. The van der Waals surface area contributed by atoms with Crippen molar-refractivity contribution in [3.8, 4) is 0 Å². The van der Waals surface area contributed by atoms with Gasteiger partial charge in [-0.15, -0.1) is 0 Å². The minimum atomic E-state index is -0.721. The van der Waals surface area contributed by atoms with E-state index in [9.17, 15) is 14.0 Å². The molecule has 1 fully saturated rings. The van der Waals surface area contributed by atoms with Gasteiger partial charge in [-0.3, -0.25) is 9.69 Å². The zero-order chi connectivity index (χ0) is 19.6. The quantitative estimate of drug-likeness (QED) is 0.605. The van der Waals surface area contributed by atoms with Gasteiger partial charge in [0.15, 0.2) is 0 Å². The van der Waals surface area contributed by atoms with E-state index in [4.69, 9.17) is 10.5 Å². The van der Waals surface area contributed by atoms with E-state index in [0.717, 1.165) is 18.4 Å². The average Bonchev–Trinajstić information content (AvgIpc) is 2.66. The molecule has 1 heterocycles. The summed E-state index contributed by atoms with van der Waals surface area (Å²) in [6, 6.07) is 4.85. The third-order valence-corrected chi connectivity index (χ3v) is 4.67. The van der Waals surface area contributed by atoms with Crippen LogP contribution in [0.3, 0.4) is 0 Å². The normalized spacial score (nSPS) is 17.1. The lowest BCUT2D eigenvalue weighted by atomic mass is 10.0. The monoisotopic (exact) mass is 380 g/mol. The van der Waals surface area contributed by atoms with Crippen molar-refractivity contribution < 1.29 is 18.7 Å². The van der Waals surface area contributed by atoms with Gasteiger partial charge in [-0.1, -0.05) is 31.9 Å². The van der Waals surface area contributed by atoms with Gasteiger partial charge in [0.05, 0.1) is 19.3 Å².